The lowest BCUT2D eigenvalue weighted by Gasteiger charge is -2.36. The first-order valence-corrected chi connectivity index (χ1v) is 15.9. The summed E-state index contributed by atoms with van der Waals surface area (Å²) in [6.07, 6.45) is 3.36. The van der Waals surface area contributed by atoms with Crippen molar-refractivity contribution in [3.8, 4) is 5.75 Å². The molecule has 4 atom stereocenters. The van der Waals surface area contributed by atoms with Crippen LogP contribution in [-0.4, -0.2) is 87.1 Å². The average molecular weight is 576 g/mol. The number of amides is 1. The maximum absolute atomic E-state index is 14.1. The number of nitrogens with one attached hydrogen (secondary N) is 1. The first kappa shape index (κ1) is 31.9. The highest BCUT2D eigenvalue weighted by Crippen LogP contribution is 2.29. The fourth-order valence-corrected chi connectivity index (χ4v) is 5.48. The van der Waals surface area contributed by atoms with E-state index in [2.05, 4.69) is 35.7 Å². The summed E-state index contributed by atoms with van der Waals surface area (Å²) in [5.41, 5.74) is 1.75. The maximum Gasteiger partial charge on any atom is 0.258 e. The van der Waals surface area contributed by atoms with Gasteiger partial charge in [0.05, 0.1) is 36.7 Å². The monoisotopic (exact) mass is 575 g/mol. The number of carbonyl (C=O) groups is 1. The SMILES string of the molecule is C[C@@H]1CN([C@@H](C)CO)C(=O)c2cc(NS(C)(=O)=O)ccc2O[C@@H](C)CCCCO[C@@H]1CN(C)Cc1ccccc1. The van der Waals surface area contributed by atoms with Crippen LogP contribution in [0.5, 0.6) is 5.75 Å². The largest absolute Gasteiger partial charge is 0.490 e. The van der Waals surface area contributed by atoms with Crippen LogP contribution in [0.4, 0.5) is 5.69 Å². The molecule has 9 nitrogen and oxygen atoms in total. The highest BCUT2D eigenvalue weighted by atomic mass is 32.2. The Morgan fingerprint density at radius 1 is 1.15 bits per heavy atom. The van der Waals surface area contributed by atoms with Gasteiger partial charge in [0.2, 0.25) is 10.0 Å². The van der Waals surface area contributed by atoms with Gasteiger partial charge in [0.1, 0.15) is 5.75 Å². The second-order valence-corrected chi connectivity index (χ2v) is 12.8. The van der Waals surface area contributed by atoms with Crippen molar-refractivity contribution in [3.05, 3.63) is 59.7 Å². The number of nitrogens with zero attached hydrogens (tertiary/aromatic N) is 2. The Morgan fingerprint density at radius 2 is 1.88 bits per heavy atom. The van der Waals surface area contributed by atoms with Gasteiger partial charge in [0.15, 0.2) is 0 Å². The summed E-state index contributed by atoms with van der Waals surface area (Å²) in [4.78, 5) is 17.9. The molecule has 0 aromatic heterocycles. The molecule has 0 radical (unpaired) electrons. The summed E-state index contributed by atoms with van der Waals surface area (Å²) in [5.74, 6) is 0.0210. The number of likely N-dealkylation sites (N-methyl/N-ethyl adjacent to an activating group) is 1. The van der Waals surface area contributed by atoms with Crippen molar-refractivity contribution < 1.29 is 27.8 Å². The first-order chi connectivity index (χ1) is 19.0. The van der Waals surface area contributed by atoms with E-state index in [4.69, 9.17) is 9.47 Å². The lowest BCUT2D eigenvalue weighted by atomic mass is 10.0. The normalized spacial score (nSPS) is 22.2. The Balaban J connectivity index is 1.92. The van der Waals surface area contributed by atoms with Crippen molar-refractivity contribution in [2.45, 2.75) is 64.8 Å². The smallest absolute Gasteiger partial charge is 0.258 e. The first-order valence-electron chi connectivity index (χ1n) is 14.0. The third-order valence-corrected chi connectivity index (χ3v) is 7.75. The Hall–Kier alpha value is -2.66. The number of ether oxygens (including phenoxy) is 2. The van der Waals surface area contributed by atoms with E-state index in [0.717, 1.165) is 32.1 Å². The van der Waals surface area contributed by atoms with Crippen LogP contribution in [-0.2, 0) is 21.3 Å². The van der Waals surface area contributed by atoms with Crippen LogP contribution in [0.15, 0.2) is 48.5 Å². The van der Waals surface area contributed by atoms with Crippen LogP contribution < -0.4 is 9.46 Å². The van der Waals surface area contributed by atoms with Crippen molar-refractivity contribution in [1.29, 1.82) is 0 Å². The van der Waals surface area contributed by atoms with Gasteiger partial charge in [-0.1, -0.05) is 37.3 Å². The number of anilines is 1. The van der Waals surface area contributed by atoms with Crippen molar-refractivity contribution in [2.75, 3.05) is 44.3 Å². The Bertz CT molecular complexity index is 1190. The third kappa shape index (κ3) is 9.76. The summed E-state index contributed by atoms with van der Waals surface area (Å²) in [5, 5.41) is 10.1. The Labute approximate surface area is 239 Å². The molecule has 0 saturated heterocycles. The zero-order valence-electron chi connectivity index (χ0n) is 24.4. The molecule has 3 rings (SSSR count). The Morgan fingerprint density at radius 3 is 2.55 bits per heavy atom. The fraction of sp³-hybridized carbons (Fsp3) is 0.567. The number of sulfonamides is 1. The zero-order valence-corrected chi connectivity index (χ0v) is 25.2. The van der Waals surface area contributed by atoms with Gasteiger partial charge in [-0.25, -0.2) is 8.42 Å². The topological polar surface area (TPSA) is 108 Å². The molecule has 1 aliphatic rings. The number of aliphatic hydroxyl groups is 1. The average Bonchev–Trinajstić information content (AvgIpc) is 2.90. The molecule has 1 aliphatic heterocycles. The minimum Gasteiger partial charge on any atom is -0.490 e. The number of hydrogen-bond donors (Lipinski definition) is 2. The van der Waals surface area contributed by atoms with Crippen molar-refractivity contribution >= 4 is 21.6 Å². The van der Waals surface area contributed by atoms with Gasteiger partial charge in [-0.3, -0.25) is 14.4 Å². The molecule has 0 aliphatic carbocycles. The second-order valence-electron chi connectivity index (χ2n) is 11.1. The van der Waals surface area contributed by atoms with E-state index in [1.807, 2.05) is 25.1 Å². The fourth-order valence-electron chi connectivity index (χ4n) is 4.93. The summed E-state index contributed by atoms with van der Waals surface area (Å²) in [6, 6.07) is 14.5. The second kappa shape index (κ2) is 14.8. The molecule has 2 N–H and O–H groups in total. The van der Waals surface area contributed by atoms with Gasteiger partial charge >= 0.3 is 0 Å². The van der Waals surface area contributed by atoms with Crippen molar-refractivity contribution in [3.63, 3.8) is 0 Å². The molecule has 10 heteroatoms. The molecule has 0 unspecified atom stereocenters. The number of rotatable bonds is 8. The third-order valence-electron chi connectivity index (χ3n) is 7.14. The number of carbonyl (C=O) groups excluding carboxylic acids is 1. The van der Waals surface area contributed by atoms with Crippen molar-refractivity contribution in [2.24, 2.45) is 5.92 Å². The molecule has 2 aromatic carbocycles. The molecule has 0 fully saturated rings. The van der Waals surface area contributed by atoms with Crippen LogP contribution in [0.3, 0.4) is 0 Å². The van der Waals surface area contributed by atoms with Crippen LogP contribution in [0, 0.1) is 5.92 Å². The molecule has 222 valence electrons. The molecular weight excluding hydrogens is 530 g/mol. The number of hydrogen-bond acceptors (Lipinski definition) is 7. The minimum atomic E-state index is -3.54. The quantitative estimate of drug-likeness (QED) is 0.490. The lowest BCUT2D eigenvalue weighted by Crippen LogP contribution is -2.47. The maximum atomic E-state index is 14.1. The van der Waals surface area contributed by atoms with Gasteiger partial charge in [0.25, 0.3) is 5.91 Å². The van der Waals surface area contributed by atoms with Gasteiger partial charge in [0, 0.05) is 37.8 Å². The van der Waals surface area contributed by atoms with E-state index >= 15 is 0 Å². The summed E-state index contributed by atoms with van der Waals surface area (Å²) >= 11 is 0. The summed E-state index contributed by atoms with van der Waals surface area (Å²) in [6.45, 7) is 8.04. The summed E-state index contributed by atoms with van der Waals surface area (Å²) in [7, 11) is -1.47. The highest BCUT2D eigenvalue weighted by Gasteiger charge is 2.30. The number of fused-ring (bicyclic) bond motifs is 1. The van der Waals surface area contributed by atoms with Gasteiger partial charge in [-0.05, 0) is 63.9 Å². The molecular formula is C30H45N3O6S. The summed E-state index contributed by atoms with van der Waals surface area (Å²) < 4.78 is 38.8. The van der Waals surface area contributed by atoms with Gasteiger partial charge in [-0.2, -0.15) is 0 Å². The minimum absolute atomic E-state index is 0.0419. The van der Waals surface area contributed by atoms with Crippen LogP contribution in [0.25, 0.3) is 0 Å². The van der Waals surface area contributed by atoms with Crippen molar-refractivity contribution in [1.82, 2.24) is 9.80 Å². The number of aliphatic hydroxyl groups excluding tert-OH is 1. The van der Waals surface area contributed by atoms with E-state index in [0.29, 0.717) is 25.4 Å². The van der Waals surface area contributed by atoms with E-state index in [-0.39, 0.29) is 41.9 Å². The zero-order chi connectivity index (χ0) is 29.3. The van der Waals surface area contributed by atoms with Gasteiger partial charge < -0.3 is 19.5 Å². The van der Waals surface area contributed by atoms with Crippen LogP contribution >= 0.6 is 0 Å². The van der Waals surface area contributed by atoms with E-state index in [1.165, 1.54) is 11.6 Å². The lowest BCUT2D eigenvalue weighted by molar-refractivity contribution is -0.0177. The molecule has 0 saturated carbocycles. The standard InChI is InChI=1S/C30H45N3O6S/c1-22-18-33(23(2)21-34)30(35)27-17-26(31-40(5,36)37)14-15-28(27)39-24(3)11-9-10-16-38-29(22)20-32(4)19-25-12-7-6-8-13-25/h6-8,12-15,17,22-24,29,31,34H,9-11,16,18-21H2,1-5H3/t22-,23+,24+,29-/m1/s1. The predicted molar refractivity (Wildman–Crippen MR) is 158 cm³/mol. The number of benzene rings is 2. The molecule has 40 heavy (non-hydrogen) atoms. The van der Waals surface area contributed by atoms with Crippen LogP contribution in [0.2, 0.25) is 0 Å². The van der Waals surface area contributed by atoms with E-state index < -0.39 is 16.1 Å². The van der Waals surface area contributed by atoms with Gasteiger partial charge in [-0.15, -0.1) is 0 Å². The molecule has 0 spiro atoms. The molecule has 1 amide bonds. The molecule has 2 aromatic rings. The van der Waals surface area contributed by atoms with E-state index in [9.17, 15) is 18.3 Å². The Kier molecular flexibility index (Phi) is 11.8. The molecule has 0 bridgehead atoms. The predicted octanol–water partition coefficient (Wildman–Crippen LogP) is 3.99. The van der Waals surface area contributed by atoms with Crippen LogP contribution in [0.1, 0.15) is 56.0 Å². The van der Waals surface area contributed by atoms with E-state index in [1.54, 1.807) is 24.0 Å². The highest BCUT2D eigenvalue weighted by molar-refractivity contribution is 7.92. The molecule has 1 heterocycles.